The third-order valence-corrected chi connectivity index (χ3v) is 2.06. The molecule has 0 bridgehead atoms. The first-order valence-electron chi connectivity index (χ1n) is 4.47. The normalized spacial score (nSPS) is 26.3. The van der Waals surface area contributed by atoms with Crippen LogP contribution in [0.3, 0.4) is 0 Å². The molecule has 1 saturated heterocycles. The molecule has 12 heavy (non-hydrogen) atoms. The summed E-state index contributed by atoms with van der Waals surface area (Å²) in [5.41, 5.74) is 5.42. The van der Waals surface area contributed by atoms with Crippen LogP contribution in [0.2, 0.25) is 0 Å². The zero-order valence-corrected chi connectivity index (χ0v) is 7.47. The van der Waals surface area contributed by atoms with Crippen LogP contribution >= 0.6 is 0 Å². The fourth-order valence-electron chi connectivity index (χ4n) is 1.31. The molecule has 1 rings (SSSR count). The Morgan fingerprint density at radius 2 is 2.50 bits per heavy atom. The van der Waals surface area contributed by atoms with Crippen molar-refractivity contribution >= 4 is 5.91 Å². The van der Waals surface area contributed by atoms with Gasteiger partial charge in [0.25, 0.3) is 0 Å². The lowest BCUT2D eigenvalue weighted by atomic mass is 10.1. The van der Waals surface area contributed by atoms with Crippen molar-refractivity contribution < 1.29 is 4.79 Å². The maximum absolute atomic E-state index is 11.1. The van der Waals surface area contributed by atoms with Crippen LogP contribution in [-0.4, -0.2) is 31.1 Å². The van der Waals surface area contributed by atoms with Crippen molar-refractivity contribution in [3.63, 3.8) is 0 Å². The van der Waals surface area contributed by atoms with Crippen molar-refractivity contribution in [2.75, 3.05) is 13.1 Å². The molecule has 0 aromatic rings. The van der Waals surface area contributed by atoms with E-state index >= 15 is 0 Å². The molecule has 0 aromatic carbocycles. The van der Waals surface area contributed by atoms with Gasteiger partial charge in [0.05, 0.1) is 6.04 Å². The average molecular weight is 171 g/mol. The summed E-state index contributed by atoms with van der Waals surface area (Å²) in [6.07, 6.45) is 2.19. The SMILES string of the molecule is CC(N)C(=O)N[C@@H]1CCCNC1. The molecule has 0 saturated carbocycles. The number of amides is 1. The van der Waals surface area contributed by atoms with Crippen molar-refractivity contribution in [2.24, 2.45) is 5.73 Å². The maximum Gasteiger partial charge on any atom is 0.236 e. The fourth-order valence-corrected chi connectivity index (χ4v) is 1.31. The van der Waals surface area contributed by atoms with Gasteiger partial charge in [0.15, 0.2) is 0 Å². The Morgan fingerprint density at radius 1 is 1.75 bits per heavy atom. The van der Waals surface area contributed by atoms with Crippen LogP contribution in [0.1, 0.15) is 19.8 Å². The van der Waals surface area contributed by atoms with Crippen LogP contribution < -0.4 is 16.4 Å². The molecule has 1 heterocycles. The van der Waals surface area contributed by atoms with Crippen LogP contribution in [0.15, 0.2) is 0 Å². The highest BCUT2D eigenvalue weighted by molar-refractivity contribution is 5.81. The topological polar surface area (TPSA) is 67.2 Å². The molecule has 0 aliphatic carbocycles. The van der Waals surface area contributed by atoms with E-state index in [9.17, 15) is 4.79 Å². The maximum atomic E-state index is 11.1. The Labute approximate surface area is 72.9 Å². The van der Waals surface area contributed by atoms with Crippen molar-refractivity contribution in [3.8, 4) is 0 Å². The molecular weight excluding hydrogens is 154 g/mol. The molecular formula is C8H17N3O. The Hall–Kier alpha value is -0.610. The number of hydrogen-bond acceptors (Lipinski definition) is 3. The number of nitrogens with two attached hydrogens (primary N) is 1. The fraction of sp³-hybridized carbons (Fsp3) is 0.875. The molecule has 1 amide bonds. The second kappa shape index (κ2) is 4.42. The molecule has 4 nitrogen and oxygen atoms in total. The lowest BCUT2D eigenvalue weighted by Crippen LogP contribution is -2.49. The highest BCUT2D eigenvalue weighted by atomic mass is 16.2. The minimum absolute atomic E-state index is 0.0521. The summed E-state index contributed by atoms with van der Waals surface area (Å²) in [6, 6.07) is -0.121. The molecule has 1 fully saturated rings. The molecule has 4 heteroatoms. The van der Waals surface area contributed by atoms with Gasteiger partial charge in [-0.3, -0.25) is 4.79 Å². The minimum atomic E-state index is -0.396. The Morgan fingerprint density at radius 3 is 3.00 bits per heavy atom. The van der Waals surface area contributed by atoms with Crippen molar-refractivity contribution in [1.29, 1.82) is 0 Å². The van der Waals surface area contributed by atoms with Gasteiger partial charge in [-0.1, -0.05) is 0 Å². The first-order chi connectivity index (χ1) is 5.70. The van der Waals surface area contributed by atoms with Gasteiger partial charge < -0.3 is 16.4 Å². The quantitative estimate of drug-likeness (QED) is 0.509. The smallest absolute Gasteiger partial charge is 0.236 e. The largest absolute Gasteiger partial charge is 0.351 e. The molecule has 0 spiro atoms. The van der Waals surface area contributed by atoms with Gasteiger partial charge in [-0.05, 0) is 26.3 Å². The summed E-state index contributed by atoms with van der Waals surface area (Å²) in [5.74, 6) is -0.0521. The van der Waals surface area contributed by atoms with Gasteiger partial charge in [-0.25, -0.2) is 0 Å². The molecule has 4 N–H and O–H groups in total. The molecule has 1 aliphatic heterocycles. The van der Waals surface area contributed by atoms with E-state index in [-0.39, 0.29) is 11.9 Å². The Bertz CT molecular complexity index is 152. The van der Waals surface area contributed by atoms with Gasteiger partial charge >= 0.3 is 0 Å². The summed E-state index contributed by atoms with van der Waals surface area (Å²) in [5, 5.41) is 6.12. The van der Waals surface area contributed by atoms with Gasteiger partial charge in [0.2, 0.25) is 5.91 Å². The minimum Gasteiger partial charge on any atom is -0.351 e. The van der Waals surface area contributed by atoms with E-state index in [4.69, 9.17) is 5.73 Å². The lowest BCUT2D eigenvalue weighted by Gasteiger charge is -2.24. The third kappa shape index (κ3) is 2.79. The zero-order chi connectivity index (χ0) is 8.97. The highest BCUT2D eigenvalue weighted by Crippen LogP contribution is 2.00. The molecule has 1 aliphatic rings. The van der Waals surface area contributed by atoms with Crippen molar-refractivity contribution in [1.82, 2.24) is 10.6 Å². The molecule has 70 valence electrons. The number of carbonyl (C=O) groups excluding carboxylic acids is 1. The van der Waals surface area contributed by atoms with Gasteiger partial charge in [0, 0.05) is 12.6 Å². The second-order valence-electron chi connectivity index (χ2n) is 3.34. The van der Waals surface area contributed by atoms with E-state index in [1.165, 1.54) is 0 Å². The number of piperidine rings is 1. The average Bonchev–Trinajstić information content (AvgIpc) is 2.06. The van der Waals surface area contributed by atoms with Crippen LogP contribution in [0.5, 0.6) is 0 Å². The van der Waals surface area contributed by atoms with E-state index in [2.05, 4.69) is 10.6 Å². The molecule has 0 radical (unpaired) electrons. The number of rotatable bonds is 2. The molecule has 1 unspecified atom stereocenters. The number of nitrogens with one attached hydrogen (secondary N) is 2. The van der Waals surface area contributed by atoms with E-state index < -0.39 is 6.04 Å². The summed E-state index contributed by atoms with van der Waals surface area (Å²) in [7, 11) is 0. The molecule has 2 atom stereocenters. The Balaban J connectivity index is 2.24. The Kier molecular flexibility index (Phi) is 3.49. The summed E-state index contributed by atoms with van der Waals surface area (Å²) in [6.45, 7) is 3.63. The predicted molar refractivity (Wildman–Crippen MR) is 47.7 cm³/mol. The van der Waals surface area contributed by atoms with E-state index in [1.54, 1.807) is 6.92 Å². The first kappa shape index (κ1) is 9.48. The van der Waals surface area contributed by atoms with Crippen LogP contribution in [0.4, 0.5) is 0 Å². The standard InChI is InChI=1S/C8H17N3O/c1-6(9)8(12)11-7-3-2-4-10-5-7/h6-7,10H,2-5,9H2,1H3,(H,11,12)/t6?,7-/m1/s1. The van der Waals surface area contributed by atoms with E-state index in [0.717, 1.165) is 25.9 Å². The summed E-state index contributed by atoms with van der Waals surface area (Å²) >= 11 is 0. The second-order valence-corrected chi connectivity index (χ2v) is 3.34. The zero-order valence-electron chi connectivity index (χ0n) is 7.47. The summed E-state index contributed by atoms with van der Waals surface area (Å²) < 4.78 is 0. The lowest BCUT2D eigenvalue weighted by molar-refractivity contribution is -0.122. The van der Waals surface area contributed by atoms with Crippen LogP contribution in [0.25, 0.3) is 0 Å². The highest BCUT2D eigenvalue weighted by Gasteiger charge is 2.16. The number of carbonyl (C=O) groups is 1. The van der Waals surface area contributed by atoms with Gasteiger partial charge in [-0.2, -0.15) is 0 Å². The summed E-state index contributed by atoms with van der Waals surface area (Å²) in [4.78, 5) is 11.1. The van der Waals surface area contributed by atoms with Crippen molar-refractivity contribution in [2.45, 2.75) is 31.8 Å². The van der Waals surface area contributed by atoms with E-state index in [1.807, 2.05) is 0 Å². The monoisotopic (exact) mass is 171 g/mol. The van der Waals surface area contributed by atoms with E-state index in [0.29, 0.717) is 0 Å². The first-order valence-corrected chi connectivity index (χ1v) is 4.47. The van der Waals surface area contributed by atoms with Gasteiger partial charge in [0.1, 0.15) is 0 Å². The van der Waals surface area contributed by atoms with Crippen molar-refractivity contribution in [3.05, 3.63) is 0 Å². The predicted octanol–water partition coefficient (Wildman–Crippen LogP) is -0.798. The third-order valence-electron chi connectivity index (χ3n) is 2.06. The van der Waals surface area contributed by atoms with Crippen LogP contribution in [-0.2, 0) is 4.79 Å². The number of hydrogen-bond donors (Lipinski definition) is 3. The van der Waals surface area contributed by atoms with Crippen LogP contribution in [0, 0.1) is 0 Å². The molecule has 0 aromatic heterocycles. The van der Waals surface area contributed by atoms with Gasteiger partial charge in [-0.15, -0.1) is 0 Å².